The summed E-state index contributed by atoms with van der Waals surface area (Å²) in [5.74, 6) is 1.04. The third-order valence-corrected chi connectivity index (χ3v) is 9.02. The molecule has 34 heavy (non-hydrogen) atoms. The predicted octanol–water partition coefficient (Wildman–Crippen LogP) is 5.02. The first kappa shape index (κ1) is 23.5. The van der Waals surface area contributed by atoms with E-state index in [-0.39, 0.29) is 23.4 Å². The molecular formula is C25H32ClN5O2S. The summed E-state index contributed by atoms with van der Waals surface area (Å²) in [6, 6.07) is 1.22. The number of aromatic nitrogens is 2. The van der Waals surface area contributed by atoms with Crippen LogP contribution >= 0.6 is 22.9 Å². The Morgan fingerprint density at radius 1 is 1.21 bits per heavy atom. The quantitative estimate of drug-likeness (QED) is 0.448. The number of nitrogens with zero attached hydrogens (tertiary/aromatic N) is 2. The van der Waals surface area contributed by atoms with Gasteiger partial charge < -0.3 is 16.0 Å². The monoisotopic (exact) mass is 501 g/mol. The van der Waals surface area contributed by atoms with Crippen molar-refractivity contribution < 1.29 is 9.59 Å². The van der Waals surface area contributed by atoms with Gasteiger partial charge in [-0.2, -0.15) is 0 Å². The number of rotatable bonds is 9. The molecular weight excluding hydrogens is 470 g/mol. The fourth-order valence-corrected chi connectivity index (χ4v) is 6.54. The van der Waals surface area contributed by atoms with Gasteiger partial charge in [-0.15, -0.1) is 11.3 Å². The van der Waals surface area contributed by atoms with Gasteiger partial charge in [-0.3, -0.25) is 14.6 Å². The standard InChI is InChI=1S/C25H32ClN5O2S/c1-14-19(8-18(26)12-27-14)29-15(2)24-28-13-21(34-24)23(33)30-20(7-16-5-3-4-6-16)22(32)31-25-9-17(10-25)11-25/h8,12-13,15-17,20,29H,3-7,9-11H2,1-2H3,(H,30,33)(H,31,32)/t15-,17?,20+,25?/m1/s1. The minimum atomic E-state index is -0.495. The van der Waals surface area contributed by atoms with Gasteiger partial charge >= 0.3 is 0 Å². The van der Waals surface area contributed by atoms with Crippen LogP contribution in [0.4, 0.5) is 5.69 Å². The van der Waals surface area contributed by atoms with E-state index in [4.69, 9.17) is 11.6 Å². The average molecular weight is 502 g/mol. The predicted molar refractivity (Wildman–Crippen MR) is 134 cm³/mol. The molecule has 7 nitrogen and oxygen atoms in total. The van der Waals surface area contributed by atoms with Crippen LogP contribution in [-0.2, 0) is 4.79 Å². The highest BCUT2D eigenvalue weighted by Gasteiger charge is 2.57. The number of amides is 2. The molecule has 2 bridgehead atoms. The molecule has 0 spiro atoms. The van der Waals surface area contributed by atoms with Crippen molar-refractivity contribution in [3.05, 3.63) is 39.1 Å². The largest absolute Gasteiger partial charge is 0.375 e. The maximum Gasteiger partial charge on any atom is 0.263 e. The van der Waals surface area contributed by atoms with E-state index in [1.165, 1.54) is 24.2 Å². The second-order valence-corrected chi connectivity index (χ2v) is 11.9. The first-order valence-electron chi connectivity index (χ1n) is 12.3. The minimum Gasteiger partial charge on any atom is -0.375 e. The van der Waals surface area contributed by atoms with Crippen molar-refractivity contribution in [2.45, 2.75) is 82.8 Å². The van der Waals surface area contributed by atoms with Crippen LogP contribution in [0.5, 0.6) is 0 Å². The Bertz CT molecular complexity index is 1070. The van der Waals surface area contributed by atoms with E-state index >= 15 is 0 Å². The van der Waals surface area contributed by atoms with Crippen molar-refractivity contribution in [1.29, 1.82) is 0 Å². The normalized spacial score (nSPS) is 25.1. The molecule has 4 aliphatic rings. The Morgan fingerprint density at radius 2 is 1.94 bits per heavy atom. The smallest absolute Gasteiger partial charge is 0.263 e. The molecule has 182 valence electrons. The van der Waals surface area contributed by atoms with Crippen molar-refractivity contribution in [1.82, 2.24) is 20.6 Å². The molecule has 0 saturated heterocycles. The number of hydrogen-bond donors (Lipinski definition) is 3. The molecule has 4 fully saturated rings. The van der Waals surface area contributed by atoms with Crippen LogP contribution in [0.1, 0.15) is 84.7 Å². The van der Waals surface area contributed by atoms with Gasteiger partial charge in [-0.25, -0.2) is 4.98 Å². The Kier molecular flexibility index (Phi) is 6.55. The number of aryl methyl sites for hydroxylation is 1. The van der Waals surface area contributed by atoms with E-state index in [1.807, 2.05) is 19.9 Å². The fourth-order valence-electron chi connectivity index (χ4n) is 5.56. The maximum atomic E-state index is 13.1. The number of carbonyl (C=O) groups excluding carboxylic acids is 2. The number of anilines is 1. The Labute approximate surface area is 209 Å². The lowest BCUT2D eigenvalue weighted by molar-refractivity contribution is -0.135. The lowest BCUT2D eigenvalue weighted by Gasteiger charge is -2.62. The molecule has 2 aromatic rings. The van der Waals surface area contributed by atoms with Gasteiger partial charge in [0.05, 0.1) is 28.6 Å². The molecule has 3 N–H and O–H groups in total. The highest BCUT2D eigenvalue weighted by molar-refractivity contribution is 7.13. The molecule has 2 atom stereocenters. The van der Waals surface area contributed by atoms with E-state index in [0.29, 0.717) is 22.2 Å². The zero-order valence-electron chi connectivity index (χ0n) is 19.7. The van der Waals surface area contributed by atoms with Crippen molar-refractivity contribution in [3.8, 4) is 0 Å². The summed E-state index contributed by atoms with van der Waals surface area (Å²) < 4.78 is 0. The van der Waals surface area contributed by atoms with Crippen LogP contribution in [-0.4, -0.2) is 33.4 Å². The molecule has 0 radical (unpaired) electrons. The Morgan fingerprint density at radius 3 is 2.62 bits per heavy atom. The fraction of sp³-hybridized carbons (Fsp3) is 0.600. The second kappa shape index (κ2) is 9.46. The third-order valence-electron chi connectivity index (χ3n) is 7.64. The first-order chi connectivity index (χ1) is 16.3. The third kappa shape index (κ3) is 4.93. The molecule has 0 aromatic carbocycles. The molecule has 2 aromatic heterocycles. The summed E-state index contributed by atoms with van der Waals surface area (Å²) in [7, 11) is 0. The molecule has 0 unspecified atom stereocenters. The van der Waals surface area contributed by atoms with Crippen LogP contribution in [0.25, 0.3) is 0 Å². The first-order valence-corrected chi connectivity index (χ1v) is 13.5. The molecule has 9 heteroatoms. The van der Waals surface area contributed by atoms with E-state index < -0.39 is 6.04 Å². The van der Waals surface area contributed by atoms with E-state index in [9.17, 15) is 9.59 Å². The van der Waals surface area contributed by atoms with Gasteiger partial charge in [0.1, 0.15) is 15.9 Å². The summed E-state index contributed by atoms with van der Waals surface area (Å²) in [4.78, 5) is 35.5. The van der Waals surface area contributed by atoms with Crippen LogP contribution in [0, 0.1) is 18.8 Å². The molecule has 6 rings (SSSR count). The number of carbonyl (C=O) groups is 2. The Balaban J connectivity index is 1.23. The number of thiazole rings is 1. The summed E-state index contributed by atoms with van der Waals surface area (Å²) in [6.45, 7) is 3.90. The minimum absolute atomic E-state index is 0.00643. The van der Waals surface area contributed by atoms with Crippen LogP contribution < -0.4 is 16.0 Å². The number of nitrogens with one attached hydrogen (secondary N) is 3. The van der Waals surface area contributed by atoms with Crippen molar-refractivity contribution in [2.24, 2.45) is 11.8 Å². The topological polar surface area (TPSA) is 96.0 Å². The van der Waals surface area contributed by atoms with E-state index in [2.05, 4.69) is 25.9 Å². The highest BCUT2D eigenvalue weighted by Crippen LogP contribution is 2.57. The zero-order chi connectivity index (χ0) is 23.9. The van der Waals surface area contributed by atoms with Crippen molar-refractivity contribution in [2.75, 3.05) is 5.32 Å². The maximum absolute atomic E-state index is 13.1. The lowest BCUT2D eigenvalue weighted by atomic mass is 9.50. The van der Waals surface area contributed by atoms with Crippen molar-refractivity contribution in [3.63, 3.8) is 0 Å². The van der Waals surface area contributed by atoms with Gasteiger partial charge in [0.2, 0.25) is 5.91 Å². The second-order valence-electron chi connectivity index (χ2n) is 10.4. The van der Waals surface area contributed by atoms with E-state index in [0.717, 1.165) is 54.4 Å². The van der Waals surface area contributed by atoms with Gasteiger partial charge in [0.15, 0.2) is 0 Å². The van der Waals surface area contributed by atoms with Crippen molar-refractivity contribution >= 4 is 40.4 Å². The lowest BCUT2D eigenvalue weighted by Crippen LogP contribution is -2.70. The summed E-state index contributed by atoms with van der Waals surface area (Å²) in [5, 5.41) is 11.0. The molecule has 4 aliphatic carbocycles. The molecule has 0 aliphatic heterocycles. The zero-order valence-corrected chi connectivity index (χ0v) is 21.3. The number of halogens is 1. The van der Waals surface area contributed by atoms with Gasteiger partial charge in [-0.05, 0) is 57.4 Å². The summed E-state index contributed by atoms with van der Waals surface area (Å²) in [5.41, 5.74) is 1.69. The molecule has 2 heterocycles. The van der Waals surface area contributed by atoms with Gasteiger partial charge in [0, 0.05) is 11.7 Å². The summed E-state index contributed by atoms with van der Waals surface area (Å²) in [6.07, 6.45) is 11.9. The van der Waals surface area contributed by atoms with Crippen LogP contribution in [0.2, 0.25) is 5.02 Å². The van der Waals surface area contributed by atoms with Gasteiger partial charge in [-0.1, -0.05) is 37.3 Å². The van der Waals surface area contributed by atoms with E-state index in [1.54, 1.807) is 12.4 Å². The van der Waals surface area contributed by atoms with Crippen LogP contribution in [0.15, 0.2) is 18.5 Å². The van der Waals surface area contributed by atoms with Crippen LogP contribution in [0.3, 0.4) is 0 Å². The Hall–Kier alpha value is -2.19. The molecule has 2 amide bonds. The SMILES string of the molecule is Cc1ncc(Cl)cc1N[C@H](C)c1ncc(C(=O)N[C@@H](CC2CCCC2)C(=O)NC23CC(C2)C3)s1. The number of pyridine rings is 1. The molecule has 4 saturated carbocycles. The average Bonchev–Trinajstić information content (AvgIpc) is 3.44. The summed E-state index contributed by atoms with van der Waals surface area (Å²) >= 11 is 7.42. The van der Waals surface area contributed by atoms with Gasteiger partial charge in [0.25, 0.3) is 5.91 Å². The highest BCUT2D eigenvalue weighted by atomic mass is 35.5. The number of hydrogen-bond acceptors (Lipinski definition) is 6.